The molecule has 0 saturated carbocycles. The Morgan fingerprint density at radius 2 is 0.682 bits per heavy atom. The maximum Gasteiger partial charge on any atom is 0.279 e. The fourth-order valence-electron chi connectivity index (χ4n) is 4.16. The highest BCUT2D eigenvalue weighted by Crippen LogP contribution is 2.12. The molecule has 222 valence electrons. The second-order valence-corrected chi connectivity index (χ2v) is 9.62. The van der Waals surface area contributed by atoms with E-state index in [1.807, 2.05) is 0 Å². The Morgan fingerprint density at radius 3 is 0.977 bits per heavy atom. The van der Waals surface area contributed by atoms with Crippen molar-refractivity contribution in [3.05, 3.63) is 144 Å². The van der Waals surface area contributed by atoms with Crippen molar-refractivity contribution in [2.75, 3.05) is 0 Å². The van der Waals surface area contributed by atoms with Gasteiger partial charge in [-0.25, -0.2) is 0 Å². The molecule has 0 fully saturated rings. The second-order valence-electron chi connectivity index (χ2n) is 9.62. The minimum Gasteiger partial charge on any atom is -0.273 e. The smallest absolute Gasteiger partial charge is 0.273 e. The monoisotopic (exact) mass is 590 g/mol. The van der Waals surface area contributed by atoms with Crippen LogP contribution in [-0.2, 0) is 9.59 Å². The third-order valence-corrected chi connectivity index (χ3v) is 6.48. The lowest BCUT2D eigenvalue weighted by molar-refractivity contribution is -0.132. The summed E-state index contributed by atoms with van der Waals surface area (Å²) in [4.78, 5) is 78.3. The zero-order valence-corrected chi connectivity index (χ0v) is 23.7. The van der Waals surface area contributed by atoms with E-state index in [1.165, 1.54) is 24.3 Å². The molecule has 0 spiro atoms. The Morgan fingerprint density at radius 1 is 0.409 bits per heavy atom. The molecule has 0 radical (unpaired) electrons. The van der Waals surface area contributed by atoms with Crippen molar-refractivity contribution in [1.82, 2.24) is 20.9 Å². The Labute approximate surface area is 254 Å². The van der Waals surface area contributed by atoms with Crippen LogP contribution >= 0.6 is 0 Å². The quantitative estimate of drug-likeness (QED) is 0.217. The number of hydrogen-bond acceptors (Lipinski definition) is 6. The fourth-order valence-corrected chi connectivity index (χ4v) is 4.16. The highest BCUT2D eigenvalue weighted by Gasteiger charge is 2.27. The first-order chi connectivity index (χ1) is 21.3. The van der Waals surface area contributed by atoms with Crippen molar-refractivity contribution in [2.45, 2.75) is 25.7 Å². The molecule has 0 saturated heterocycles. The number of nitrogens with one attached hydrogen (secondary N) is 2. The number of amides is 6. The molecule has 0 aliphatic rings. The molecule has 0 aromatic heterocycles. The van der Waals surface area contributed by atoms with Crippen molar-refractivity contribution in [1.29, 1.82) is 0 Å². The zero-order valence-electron chi connectivity index (χ0n) is 23.7. The van der Waals surface area contributed by atoms with Crippen LogP contribution in [0.15, 0.2) is 121 Å². The van der Waals surface area contributed by atoms with Crippen molar-refractivity contribution in [2.24, 2.45) is 0 Å². The summed E-state index contributed by atoms with van der Waals surface area (Å²) in [5.41, 5.74) is 5.72. The third-order valence-electron chi connectivity index (χ3n) is 6.48. The number of hydrazine groups is 2. The van der Waals surface area contributed by atoms with Gasteiger partial charge in [-0.3, -0.25) is 39.6 Å². The number of hydrogen-bond donors (Lipinski definition) is 2. The molecule has 0 unspecified atom stereocenters. The number of unbranched alkanes of at least 4 members (excludes halogenated alkanes) is 1. The fraction of sp³-hybridized carbons (Fsp3) is 0.118. The van der Waals surface area contributed by atoms with Crippen LogP contribution in [0.2, 0.25) is 0 Å². The molecule has 2 N–H and O–H groups in total. The number of benzene rings is 4. The summed E-state index contributed by atoms with van der Waals surface area (Å²) in [5, 5.41) is 1.36. The van der Waals surface area contributed by atoms with Crippen LogP contribution in [0.5, 0.6) is 0 Å². The van der Waals surface area contributed by atoms with Gasteiger partial charge in [-0.05, 0) is 61.4 Å². The van der Waals surface area contributed by atoms with Crippen molar-refractivity contribution in [3.63, 3.8) is 0 Å². The van der Waals surface area contributed by atoms with Crippen LogP contribution in [0.3, 0.4) is 0 Å². The lowest BCUT2D eigenvalue weighted by Gasteiger charge is -2.22. The first-order valence-corrected chi connectivity index (χ1v) is 13.9. The molecule has 0 bridgehead atoms. The van der Waals surface area contributed by atoms with Crippen LogP contribution < -0.4 is 10.9 Å². The predicted molar refractivity (Wildman–Crippen MR) is 162 cm³/mol. The van der Waals surface area contributed by atoms with Gasteiger partial charge in [-0.2, -0.15) is 10.0 Å². The van der Waals surface area contributed by atoms with E-state index >= 15 is 0 Å². The Hall–Kier alpha value is -5.90. The van der Waals surface area contributed by atoms with Crippen LogP contribution in [0.1, 0.15) is 67.1 Å². The second kappa shape index (κ2) is 15.4. The zero-order chi connectivity index (χ0) is 31.3. The van der Waals surface area contributed by atoms with Gasteiger partial charge in [0.15, 0.2) is 0 Å². The third kappa shape index (κ3) is 8.32. The highest BCUT2D eigenvalue weighted by molar-refractivity contribution is 6.08. The molecule has 10 heteroatoms. The van der Waals surface area contributed by atoms with E-state index in [1.54, 1.807) is 97.1 Å². The predicted octanol–water partition coefficient (Wildman–Crippen LogP) is 4.57. The average molecular weight is 591 g/mol. The summed E-state index contributed by atoms with van der Waals surface area (Å²) in [6.07, 6.45) is -0.0391. The largest absolute Gasteiger partial charge is 0.279 e. The Balaban J connectivity index is 1.41. The van der Waals surface area contributed by atoms with E-state index in [-0.39, 0.29) is 47.9 Å². The molecule has 44 heavy (non-hydrogen) atoms. The molecule has 10 nitrogen and oxygen atoms in total. The van der Waals surface area contributed by atoms with Crippen LogP contribution in [0, 0.1) is 0 Å². The molecular weight excluding hydrogens is 560 g/mol. The molecule has 0 aliphatic carbocycles. The lowest BCUT2D eigenvalue weighted by atomic mass is 10.1. The number of carbonyl (C=O) groups excluding carboxylic acids is 6. The summed E-state index contributed by atoms with van der Waals surface area (Å²) in [7, 11) is 0. The van der Waals surface area contributed by atoms with Crippen molar-refractivity contribution < 1.29 is 28.8 Å². The SMILES string of the molecule is O=C(NN(C(=O)CCCCC(=O)N(NC(=O)c1ccccc1)C(=O)c1ccccc1)C(=O)c1ccccc1)c1ccccc1. The summed E-state index contributed by atoms with van der Waals surface area (Å²) >= 11 is 0. The number of imide groups is 2. The number of carbonyl (C=O) groups is 6. The molecule has 0 aliphatic heterocycles. The van der Waals surface area contributed by atoms with E-state index in [9.17, 15) is 28.8 Å². The maximum atomic E-state index is 13.2. The lowest BCUT2D eigenvalue weighted by Crippen LogP contribution is -2.50. The van der Waals surface area contributed by atoms with Crippen molar-refractivity contribution >= 4 is 35.4 Å². The van der Waals surface area contributed by atoms with Crippen molar-refractivity contribution in [3.8, 4) is 0 Å². The van der Waals surface area contributed by atoms with Gasteiger partial charge in [0, 0.05) is 35.1 Å². The van der Waals surface area contributed by atoms with E-state index < -0.39 is 35.4 Å². The van der Waals surface area contributed by atoms with Crippen LogP contribution in [0.4, 0.5) is 0 Å². The first kappa shape index (κ1) is 31.0. The first-order valence-electron chi connectivity index (χ1n) is 13.9. The minimum atomic E-state index is -0.709. The Bertz CT molecular complexity index is 1490. The molecule has 0 heterocycles. The summed E-state index contributed by atoms with van der Waals surface area (Å²) < 4.78 is 0. The van der Waals surface area contributed by atoms with Gasteiger partial charge in [0.2, 0.25) is 11.8 Å². The summed E-state index contributed by atoms with van der Waals surface area (Å²) in [5.74, 6) is -4.04. The molecule has 4 rings (SSSR count). The van der Waals surface area contributed by atoms with Gasteiger partial charge >= 0.3 is 0 Å². The van der Waals surface area contributed by atoms with Crippen LogP contribution in [-0.4, -0.2) is 45.5 Å². The van der Waals surface area contributed by atoms with Gasteiger partial charge in [0.1, 0.15) is 0 Å². The standard InChI is InChI=1S/C34H30N4O6/c39-29(37(33(43)27-19-9-3-10-20-27)35-31(41)25-15-5-1-6-16-25)23-13-14-24-30(40)38(34(44)28-21-11-4-12-22-28)36-32(42)26-17-7-2-8-18-26/h1-12,15-22H,13-14,23-24H2,(H,35,41)(H,36,42). The topological polar surface area (TPSA) is 133 Å². The number of nitrogens with zero attached hydrogens (tertiary/aromatic N) is 2. The maximum absolute atomic E-state index is 13.2. The molecule has 4 aromatic carbocycles. The van der Waals surface area contributed by atoms with Gasteiger partial charge in [-0.15, -0.1) is 0 Å². The Kier molecular flexibility index (Phi) is 10.8. The molecule has 0 atom stereocenters. The summed E-state index contributed by atoms with van der Waals surface area (Å²) in [6, 6.07) is 32.4. The van der Waals surface area contributed by atoms with E-state index in [2.05, 4.69) is 10.9 Å². The minimum absolute atomic E-state index is 0.157. The van der Waals surface area contributed by atoms with Gasteiger partial charge in [0.05, 0.1) is 0 Å². The van der Waals surface area contributed by atoms with Gasteiger partial charge in [0.25, 0.3) is 23.6 Å². The highest BCUT2D eigenvalue weighted by atomic mass is 16.2. The molecular formula is C34H30N4O6. The van der Waals surface area contributed by atoms with E-state index in [4.69, 9.17) is 0 Å². The van der Waals surface area contributed by atoms with Gasteiger partial charge in [-0.1, -0.05) is 72.8 Å². The van der Waals surface area contributed by atoms with Crippen LogP contribution in [0.25, 0.3) is 0 Å². The summed E-state index contributed by atoms with van der Waals surface area (Å²) in [6.45, 7) is 0. The molecule has 6 amide bonds. The molecule has 4 aromatic rings. The van der Waals surface area contributed by atoms with E-state index in [0.29, 0.717) is 10.0 Å². The number of rotatable bonds is 9. The van der Waals surface area contributed by atoms with E-state index in [0.717, 1.165) is 0 Å². The normalized spacial score (nSPS) is 10.3. The van der Waals surface area contributed by atoms with Gasteiger partial charge < -0.3 is 0 Å². The average Bonchev–Trinajstić information content (AvgIpc) is 3.08.